The summed E-state index contributed by atoms with van der Waals surface area (Å²) < 4.78 is 38.2. The number of anilines is 1. The molecule has 0 aliphatic heterocycles. The molecule has 0 spiro atoms. The summed E-state index contributed by atoms with van der Waals surface area (Å²) in [5.41, 5.74) is 4.47. The molecule has 0 atom stereocenters. The Morgan fingerprint density at radius 2 is 1.79 bits per heavy atom. The highest BCUT2D eigenvalue weighted by Gasteiger charge is 2.30. The number of primary amides is 1. The van der Waals surface area contributed by atoms with Crippen molar-refractivity contribution in [3.05, 3.63) is 59.7 Å². The Morgan fingerprint density at radius 1 is 1.08 bits per heavy atom. The Kier molecular flexibility index (Phi) is 5.50. The Bertz CT molecular complexity index is 763. The molecule has 0 fully saturated rings. The number of amides is 2. The zero-order valence-corrected chi connectivity index (χ0v) is 13.1. The monoisotopic (exact) mass is 354 g/mol. The molecule has 4 nitrogen and oxygen atoms in total. The van der Waals surface area contributed by atoms with Gasteiger partial charge in [0.1, 0.15) is 0 Å². The highest BCUT2D eigenvalue weighted by molar-refractivity contribution is 8.00. The van der Waals surface area contributed by atoms with Crippen LogP contribution < -0.4 is 11.1 Å². The number of carbonyl (C=O) groups is 2. The molecule has 0 aliphatic carbocycles. The summed E-state index contributed by atoms with van der Waals surface area (Å²) in [4.78, 5) is 23.7. The fraction of sp³-hybridized carbons (Fsp3) is 0.125. The lowest BCUT2D eigenvalue weighted by molar-refractivity contribution is -0.137. The molecule has 2 rings (SSSR count). The summed E-state index contributed by atoms with van der Waals surface area (Å²) in [5, 5.41) is 2.55. The number of rotatable bonds is 5. The van der Waals surface area contributed by atoms with Crippen LogP contribution in [0, 0.1) is 0 Å². The number of thioether (sulfide) groups is 1. The van der Waals surface area contributed by atoms with Gasteiger partial charge in [0.15, 0.2) is 0 Å². The third-order valence-electron chi connectivity index (χ3n) is 2.96. The van der Waals surface area contributed by atoms with E-state index in [1.807, 2.05) is 0 Å². The van der Waals surface area contributed by atoms with Crippen LogP contribution in [0.5, 0.6) is 0 Å². The predicted octanol–water partition coefficient (Wildman–Crippen LogP) is 3.54. The number of halogens is 3. The van der Waals surface area contributed by atoms with E-state index in [2.05, 4.69) is 5.32 Å². The lowest BCUT2D eigenvalue weighted by atomic mass is 10.1. The molecule has 0 saturated carbocycles. The average Bonchev–Trinajstić information content (AvgIpc) is 2.53. The van der Waals surface area contributed by atoms with Crippen molar-refractivity contribution in [3.8, 4) is 0 Å². The van der Waals surface area contributed by atoms with Crippen molar-refractivity contribution in [2.24, 2.45) is 5.73 Å². The first-order valence-corrected chi connectivity index (χ1v) is 7.74. The van der Waals surface area contributed by atoms with Gasteiger partial charge in [0.25, 0.3) is 5.91 Å². The van der Waals surface area contributed by atoms with Crippen molar-refractivity contribution < 1.29 is 22.8 Å². The molecule has 0 saturated heterocycles. The van der Waals surface area contributed by atoms with Crippen molar-refractivity contribution in [3.63, 3.8) is 0 Å². The maximum absolute atomic E-state index is 12.7. The van der Waals surface area contributed by atoms with E-state index in [1.165, 1.54) is 12.1 Å². The van der Waals surface area contributed by atoms with Gasteiger partial charge in [0.2, 0.25) is 5.91 Å². The first kappa shape index (κ1) is 17.9. The number of carbonyl (C=O) groups excluding carboxylic acids is 2. The van der Waals surface area contributed by atoms with Crippen molar-refractivity contribution in [2.75, 3.05) is 11.1 Å². The smallest absolute Gasteiger partial charge is 0.369 e. The van der Waals surface area contributed by atoms with Gasteiger partial charge in [-0.2, -0.15) is 13.2 Å². The molecule has 24 heavy (non-hydrogen) atoms. The van der Waals surface area contributed by atoms with E-state index in [-0.39, 0.29) is 11.3 Å². The second kappa shape index (κ2) is 7.39. The number of nitrogens with two attached hydrogens (primary N) is 1. The normalized spacial score (nSPS) is 11.1. The summed E-state index contributed by atoms with van der Waals surface area (Å²) in [7, 11) is 0. The summed E-state index contributed by atoms with van der Waals surface area (Å²) >= 11 is 1.13. The predicted molar refractivity (Wildman–Crippen MR) is 85.8 cm³/mol. The average molecular weight is 354 g/mol. The molecular formula is C16H13F3N2O2S. The summed E-state index contributed by atoms with van der Waals surface area (Å²) in [6, 6.07) is 10.8. The Morgan fingerprint density at radius 3 is 2.46 bits per heavy atom. The molecule has 0 bridgehead atoms. The maximum Gasteiger partial charge on any atom is 0.416 e. The highest BCUT2D eigenvalue weighted by Crippen LogP contribution is 2.30. The van der Waals surface area contributed by atoms with E-state index >= 15 is 0 Å². The molecule has 2 aromatic carbocycles. The zero-order chi connectivity index (χ0) is 17.7. The molecule has 126 valence electrons. The van der Waals surface area contributed by atoms with Crippen LogP contribution in [-0.2, 0) is 11.0 Å². The number of nitrogens with one attached hydrogen (secondary N) is 1. The Balaban J connectivity index is 2.20. The van der Waals surface area contributed by atoms with Crippen molar-refractivity contribution >= 4 is 29.3 Å². The minimum Gasteiger partial charge on any atom is -0.369 e. The Labute approximate surface area is 140 Å². The molecule has 0 aliphatic rings. The van der Waals surface area contributed by atoms with Gasteiger partial charge in [-0.1, -0.05) is 18.2 Å². The first-order chi connectivity index (χ1) is 11.3. The van der Waals surface area contributed by atoms with Gasteiger partial charge < -0.3 is 11.1 Å². The van der Waals surface area contributed by atoms with Gasteiger partial charge in [-0.3, -0.25) is 9.59 Å². The van der Waals surface area contributed by atoms with Gasteiger partial charge in [-0.15, -0.1) is 11.8 Å². The van der Waals surface area contributed by atoms with Crippen LogP contribution in [0.15, 0.2) is 53.4 Å². The minimum atomic E-state index is -4.52. The third kappa shape index (κ3) is 4.76. The molecule has 8 heteroatoms. The van der Waals surface area contributed by atoms with Crippen LogP contribution >= 0.6 is 11.8 Å². The van der Waals surface area contributed by atoms with Gasteiger partial charge in [0.05, 0.1) is 17.0 Å². The summed E-state index contributed by atoms with van der Waals surface area (Å²) in [6.45, 7) is 0. The lowest BCUT2D eigenvalue weighted by Crippen LogP contribution is -2.15. The van der Waals surface area contributed by atoms with Gasteiger partial charge in [0, 0.05) is 10.5 Å². The first-order valence-electron chi connectivity index (χ1n) is 6.76. The molecule has 2 amide bonds. The van der Waals surface area contributed by atoms with Gasteiger partial charge in [-0.05, 0) is 30.3 Å². The maximum atomic E-state index is 12.7. The molecule has 0 heterocycles. The van der Waals surface area contributed by atoms with Crippen LogP contribution in [0.4, 0.5) is 18.9 Å². The van der Waals surface area contributed by atoms with Gasteiger partial charge in [-0.25, -0.2) is 0 Å². The van der Waals surface area contributed by atoms with Crippen LogP contribution in [0.25, 0.3) is 0 Å². The molecule has 0 unspecified atom stereocenters. The van der Waals surface area contributed by atoms with Crippen molar-refractivity contribution in [1.82, 2.24) is 0 Å². The standard InChI is InChI=1S/C16H13F3N2O2S/c17-16(18,19)11-5-3-4-10(8-11)15(23)21-12-6-1-2-7-13(12)24-9-14(20)22/h1-8H,9H2,(H2,20,22)(H,21,23). The number of hydrogen-bond donors (Lipinski definition) is 2. The van der Waals surface area contributed by atoms with E-state index in [1.54, 1.807) is 24.3 Å². The van der Waals surface area contributed by atoms with E-state index in [4.69, 9.17) is 5.73 Å². The van der Waals surface area contributed by atoms with Crippen LogP contribution in [-0.4, -0.2) is 17.6 Å². The second-order valence-electron chi connectivity index (χ2n) is 4.78. The minimum absolute atomic E-state index is 0.0242. The number of hydrogen-bond acceptors (Lipinski definition) is 3. The summed E-state index contributed by atoms with van der Waals surface area (Å²) in [6.07, 6.45) is -4.52. The number of benzene rings is 2. The topological polar surface area (TPSA) is 72.2 Å². The van der Waals surface area contributed by atoms with E-state index in [0.717, 1.165) is 23.9 Å². The van der Waals surface area contributed by atoms with E-state index in [0.29, 0.717) is 10.6 Å². The molecule has 2 aromatic rings. The van der Waals surface area contributed by atoms with Crippen molar-refractivity contribution in [1.29, 1.82) is 0 Å². The number of para-hydroxylation sites is 1. The SMILES string of the molecule is NC(=O)CSc1ccccc1NC(=O)c1cccc(C(F)(F)F)c1. The second-order valence-corrected chi connectivity index (χ2v) is 5.80. The number of alkyl halides is 3. The molecule has 0 aromatic heterocycles. The zero-order valence-electron chi connectivity index (χ0n) is 12.3. The van der Waals surface area contributed by atoms with E-state index in [9.17, 15) is 22.8 Å². The summed E-state index contributed by atoms with van der Waals surface area (Å²) in [5.74, 6) is -1.16. The molecular weight excluding hydrogens is 341 g/mol. The fourth-order valence-corrected chi connectivity index (χ4v) is 2.62. The van der Waals surface area contributed by atoms with Crippen LogP contribution in [0.3, 0.4) is 0 Å². The van der Waals surface area contributed by atoms with Crippen LogP contribution in [0.1, 0.15) is 15.9 Å². The van der Waals surface area contributed by atoms with Crippen molar-refractivity contribution in [2.45, 2.75) is 11.1 Å². The largest absolute Gasteiger partial charge is 0.416 e. The Hall–Kier alpha value is -2.48. The lowest BCUT2D eigenvalue weighted by Gasteiger charge is -2.11. The third-order valence-corrected chi connectivity index (χ3v) is 4.05. The van der Waals surface area contributed by atoms with E-state index < -0.39 is 23.6 Å². The molecule has 3 N–H and O–H groups in total. The van der Waals surface area contributed by atoms with Gasteiger partial charge >= 0.3 is 6.18 Å². The highest BCUT2D eigenvalue weighted by atomic mass is 32.2. The molecule has 0 radical (unpaired) electrons. The van der Waals surface area contributed by atoms with Crippen LogP contribution in [0.2, 0.25) is 0 Å². The fourth-order valence-electron chi connectivity index (χ4n) is 1.88. The quantitative estimate of drug-likeness (QED) is 0.807.